The molecule has 1 heterocycles. The van der Waals surface area contributed by atoms with Crippen LogP contribution in [0.2, 0.25) is 15.1 Å². The molecule has 0 bridgehead atoms. The van der Waals surface area contributed by atoms with Gasteiger partial charge in [0.2, 0.25) is 0 Å². The summed E-state index contributed by atoms with van der Waals surface area (Å²) in [6.45, 7) is 0. The zero-order chi connectivity index (χ0) is 15.1. The number of fused-ring (bicyclic) bond motifs is 1. The number of furan rings is 1. The van der Waals surface area contributed by atoms with Crippen LogP contribution in [-0.2, 0) is 0 Å². The van der Waals surface area contributed by atoms with Crippen molar-refractivity contribution in [3.8, 4) is 0 Å². The molecule has 108 valence electrons. The Labute approximate surface area is 135 Å². The van der Waals surface area contributed by atoms with E-state index in [4.69, 9.17) is 45.0 Å². The topological polar surface area (TPSA) is 39.2 Å². The Morgan fingerprint density at radius 1 is 1.00 bits per heavy atom. The Bertz CT molecular complexity index is 831. The van der Waals surface area contributed by atoms with E-state index in [9.17, 15) is 4.39 Å². The van der Waals surface area contributed by atoms with E-state index >= 15 is 0 Å². The van der Waals surface area contributed by atoms with Crippen molar-refractivity contribution >= 4 is 45.8 Å². The Kier molecular flexibility index (Phi) is 3.84. The molecule has 0 fully saturated rings. The van der Waals surface area contributed by atoms with Crippen molar-refractivity contribution < 1.29 is 8.81 Å². The van der Waals surface area contributed by atoms with Crippen LogP contribution < -0.4 is 5.73 Å². The van der Waals surface area contributed by atoms with Crippen molar-refractivity contribution in [3.05, 3.63) is 68.6 Å². The van der Waals surface area contributed by atoms with Crippen LogP contribution in [0.3, 0.4) is 0 Å². The average molecular weight is 345 g/mol. The second-order valence-electron chi connectivity index (χ2n) is 4.57. The van der Waals surface area contributed by atoms with Gasteiger partial charge in [-0.05, 0) is 35.9 Å². The first-order valence-electron chi connectivity index (χ1n) is 6.05. The lowest BCUT2D eigenvalue weighted by molar-refractivity contribution is 0.523. The van der Waals surface area contributed by atoms with Gasteiger partial charge in [0.15, 0.2) is 0 Å². The van der Waals surface area contributed by atoms with Gasteiger partial charge in [0.1, 0.15) is 17.2 Å². The third kappa shape index (κ3) is 2.62. The Hall–Kier alpha value is -1.26. The smallest absolute Gasteiger partial charge is 0.142 e. The van der Waals surface area contributed by atoms with Gasteiger partial charge in [0.05, 0.1) is 16.1 Å². The summed E-state index contributed by atoms with van der Waals surface area (Å²) < 4.78 is 19.3. The van der Waals surface area contributed by atoms with Crippen molar-refractivity contribution in [3.63, 3.8) is 0 Å². The lowest BCUT2D eigenvalue weighted by Gasteiger charge is -2.11. The predicted octanol–water partition coefficient (Wildman–Crippen LogP) is 5.58. The van der Waals surface area contributed by atoms with Gasteiger partial charge < -0.3 is 10.2 Å². The lowest BCUT2D eigenvalue weighted by Crippen LogP contribution is -2.12. The van der Waals surface area contributed by atoms with E-state index in [1.807, 2.05) is 0 Å². The molecule has 3 aromatic rings. The van der Waals surface area contributed by atoms with Gasteiger partial charge >= 0.3 is 0 Å². The first-order chi connectivity index (χ1) is 9.97. The zero-order valence-electron chi connectivity index (χ0n) is 10.5. The standard InChI is InChI=1S/C15H9Cl3FNO/c16-9-2-1-3-13-7(9)5-14(21-13)15(20)8-4-12(19)11(18)6-10(8)17/h1-6,15H,20H2. The van der Waals surface area contributed by atoms with Crippen LogP contribution in [0.25, 0.3) is 11.0 Å². The van der Waals surface area contributed by atoms with E-state index in [-0.39, 0.29) is 10.0 Å². The maximum absolute atomic E-state index is 13.6. The maximum atomic E-state index is 13.6. The summed E-state index contributed by atoms with van der Waals surface area (Å²) in [7, 11) is 0. The fourth-order valence-corrected chi connectivity index (χ4v) is 2.85. The largest absolute Gasteiger partial charge is 0.459 e. The highest BCUT2D eigenvalue weighted by Crippen LogP contribution is 2.34. The number of hydrogen-bond acceptors (Lipinski definition) is 2. The summed E-state index contributed by atoms with van der Waals surface area (Å²) >= 11 is 17.9. The molecule has 1 atom stereocenters. The third-order valence-corrected chi connectivity index (χ3v) is 4.16. The minimum atomic E-state index is -0.715. The molecule has 2 N–H and O–H groups in total. The normalized spacial score (nSPS) is 12.8. The van der Waals surface area contributed by atoms with Gasteiger partial charge in [0.25, 0.3) is 0 Å². The van der Waals surface area contributed by atoms with Crippen LogP contribution in [0.15, 0.2) is 40.8 Å². The summed E-state index contributed by atoms with van der Waals surface area (Å²) in [4.78, 5) is 0. The highest BCUT2D eigenvalue weighted by atomic mass is 35.5. The summed E-state index contributed by atoms with van der Waals surface area (Å²) in [5.74, 6) is -0.137. The van der Waals surface area contributed by atoms with Gasteiger partial charge in [-0.3, -0.25) is 0 Å². The van der Waals surface area contributed by atoms with Crippen LogP contribution in [0.1, 0.15) is 17.4 Å². The first-order valence-corrected chi connectivity index (χ1v) is 7.18. The van der Waals surface area contributed by atoms with Gasteiger partial charge in [-0.2, -0.15) is 0 Å². The SMILES string of the molecule is NC(c1cc2c(Cl)cccc2o1)c1cc(F)c(Cl)cc1Cl. The first kappa shape index (κ1) is 14.7. The Balaban J connectivity index is 2.10. The van der Waals surface area contributed by atoms with E-state index < -0.39 is 11.9 Å². The molecular weight excluding hydrogens is 336 g/mol. The van der Waals surface area contributed by atoms with Crippen LogP contribution >= 0.6 is 34.8 Å². The molecule has 0 radical (unpaired) electrons. The van der Waals surface area contributed by atoms with Gasteiger partial charge in [-0.1, -0.05) is 40.9 Å². The number of nitrogens with two attached hydrogens (primary N) is 1. The second kappa shape index (κ2) is 5.50. The van der Waals surface area contributed by atoms with Crippen molar-refractivity contribution in [1.82, 2.24) is 0 Å². The molecule has 6 heteroatoms. The number of hydrogen-bond donors (Lipinski definition) is 1. The number of halogens is 4. The molecule has 1 unspecified atom stereocenters. The molecule has 0 aliphatic rings. The molecule has 2 nitrogen and oxygen atoms in total. The lowest BCUT2D eigenvalue weighted by atomic mass is 10.0. The predicted molar refractivity (Wildman–Crippen MR) is 83.7 cm³/mol. The van der Waals surface area contributed by atoms with Gasteiger partial charge in [-0.25, -0.2) is 4.39 Å². The molecule has 0 spiro atoms. The maximum Gasteiger partial charge on any atom is 0.142 e. The molecule has 0 aliphatic heterocycles. The molecule has 2 aromatic carbocycles. The third-order valence-electron chi connectivity index (χ3n) is 3.21. The summed E-state index contributed by atoms with van der Waals surface area (Å²) in [6, 6.07) is 8.86. The van der Waals surface area contributed by atoms with Crippen LogP contribution in [0.4, 0.5) is 4.39 Å². The molecule has 0 amide bonds. The molecule has 0 saturated heterocycles. The summed E-state index contributed by atoms with van der Waals surface area (Å²) in [6.07, 6.45) is 0. The van der Waals surface area contributed by atoms with E-state index in [0.29, 0.717) is 21.9 Å². The fourth-order valence-electron chi connectivity index (χ4n) is 2.13. The molecule has 1 aromatic heterocycles. The van der Waals surface area contributed by atoms with Crippen molar-refractivity contribution in [2.75, 3.05) is 0 Å². The van der Waals surface area contributed by atoms with E-state index in [0.717, 1.165) is 5.39 Å². The molecule has 3 rings (SSSR count). The highest BCUT2D eigenvalue weighted by molar-refractivity contribution is 6.35. The monoisotopic (exact) mass is 343 g/mol. The zero-order valence-corrected chi connectivity index (χ0v) is 12.8. The summed E-state index contributed by atoms with van der Waals surface area (Å²) in [5, 5.41) is 1.53. The second-order valence-corrected chi connectivity index (χ2v) is 5.79. The van der Waals surface area contributed by atoms with E-state index in [1.165, 1.54) is 12.1 Å². The van der Waals surface area contributed by atoms with Crippen molar-refractivity contribution in [2.24, 2.45) is 5.73 Å². The number of benzene rings is 2. The van der Waals surface area contributed by atoms with Crippen molar-refractivity contribution in [2.45, 2.75) is 6.04 Å². The molecule has 0 saturated carbocycles. The van der Waals surface area contributed by atoms with Crippen LogP contribution in [0.5, 0.6) is 0 Å². The van der Waals surface area contributed by atoms with E-state index in [1.54, 1.807) is 24.3 Å². The average Bonchev–Trinajstić information content (AvgIpc) is 2.87. The molecular formula is C15H9Cl3FNO. The minimum Gasteiger partial charge on any atom is -0.459 e. The highest BCUT2D eigenvalue weighted by Gasteiger charge is 2.19. The Morgan fingerprint density at radius 3 is 2.48 bits per heavy atom. The van der Waals surface area contributed by atoms with Crippen LogP contribution in [-0.4, -0.2) is 0 Å². The molecule has 0 aliphatic carbocycles. The van der Waals surface area contributed by atoms with Crippen LogP contribution in [0, 0.1) is 5.82 Å². The van der Waals surface area contributed by atoms with Gasteiger partial charge in [-0.15, -0.1) is 0 Å². The molecule has 21 heavy (non-hydrogen) atoms. The Morgan fingerprint density at radius 2 is 1.76 bits per heavy atom. The number of rotatable bonds is 2. The quantitative estimate of drug-likeness (QED) is 0.616. The van der Waals surface area contributed by atoms with Gasteiger partial charge in [0, 0.05) is 10.4 Å². The van der Waals surface area contributed by atoms with E-state index in [2.05, 4.69) is 0 Å². The summed E-state index contributed by atoms with van der Waals surface area (Å²) in [5.41, 5.74) is 7.13. The van der Waals surface area contributed by atoms with Crippen molar-refractivity contribution in [1.29, 1.82) is 0 Å². The minimum absolute atomic E-state index is 0.0522. The fraction of sp³-hybridized carbons (Fsp3) is 0.0667.